The average molecular weight is 335 g/mol. The summed E-state index contributed by atoms with van der Waals surface area (Å²) in [6.45, 7) is 0.0517. The first-order chi connectivity index (χ1) is 11.0. The van der Waals surface area contributed by atoms with Gasteiger partial charge in [0, 0.05) is 0 Å². The van der Waals surface area contributed by atoms with Crippen LogP contribution in [-0.4, -0.2) is 30.2 Å². The fourth-order valence-electron chi connectivity index (χ4n) is 1.70. The predicted molar refractivity (Wildman–Crippen MR) is 82.9 cm³/mol. The molecule has 1 heterocycles. The molecular formula is C15H13NO6S. The molecule has 0 radical (unpaired) electrons. The van der Waals surface area contributed by atoms with E-state index in [2.05, 4.69) is 10.1 Å². The number of carboxylic acid groups (broad SMARTS) is 1. The van der Waals surface area contributed by atoms with Crippen LogP contribution in [0.3, 0.4) is 0 Å². The number of amides is 1. The van der Waals surface area contributed by atoms with Crippen LogP contribution in [0.4, 0.5) is 10.5 Å². The number of anilines is 1. The highest BCUT2D eigenvalue weighted by atomic mass is 32.1. The van der Waals surface area contributed by atoms with Crippen LogP contribution in [0.2, 0.25) is 0 Å². The van der Waals surface area contributed by atoms with E-state index in [-0.39, 0.29) is 22.0 Å². The number of esters is 1. The van der Waals surface area contributed by atoms with Crippen molar-refractivity contribution < 1.29 is 29.0 Å². The highest BCUT2D eigenvalue weighted by molar-refractivity contribution is 7.16. The zero-order chi connectivity index (χ0) is 16.8. The SMILES string of the molecule is COC(=O)c1sc(C(=O)O)cc1NC(=O)OCc1ccccc1. The number of methoxy groups -OCH3 is 1. The lowest BCUT2D eigenvalue weighted by Gasteiger charge is -2.07. The van der Waals surface area contributed by atoms with Crippen LogP contribution in [-0.2, 0) is 16.1 Å². The molecule has 23 heavy (non-hydrogen) atoms. The van der Waals surface area contributed by atoms with Crippen LogP contribution < -0.4 is 5.32 Å². The second-order valence-corrected chi connectivity index (χ2v) is 5.39. The number of thiophene rings is 1. The van der Waals surface area contributed by atoms with Gasteiger partial charge in [0.2, 0.25) is 0 Å². The van der Waals surface area contributed by atoms with E-state index in [9.17, 15) is 14.4 Å². The van der Waals surface area contributed by atoms with Gasteiger partial charge in [-0.05, 0) is 11.6 Å². The number of carboxylic acids is 1. The summed E-state index contributed by atoms with van der Waals surface area (Å²) < 4.78 is 9.59. The second-order valence-electron chi connectivity index (χ2n) is 4.34. The van der Waals surface area contributed by atoms with Gasteiger partial charge in [-0.15, -0.1) is 11.3 Å². The Bertz CT molecular complexity index is 725. The van der Waals surface area contributed by atoms with Crippen molar-refractivity contribution in [2.45, 2.75) is 6.61 Å². The lowest BCUT2D eigenvalue weighted by Crippen LogP contribution is -2.15. The number of rotatable bonds is 5. The minimum Gasteiger partial charge on any atom is -0.477 e. The monoisotopic (exact) mass is 335 g/mol. The molecule has 1 aromatic heterocycles. The minimum atomic E-state index is -1.20. The van der Waals surface area contributed by atoms with Crippen LogP contribution >= 0.6 is 11.3 Å². The summed E-state index contributed by atoms with van der Waals surface area (Å²) in [5, 5.41) is 11.3. The molecule has 0 aliphatic heterocycles. The number of hydrogen-bond donors (Lipinski definition) is 2. The fraction of sp³-hybridized carbons (Fsp3) is 0.133. The van der Waals surface area contributed by atoms with Crippen molar-refractivity contribution in [1.29, 1.82) is 0 Å². The Morgan fingerprint density at radius 3 is 2.52 bits per heavy atom. The molecule has 0 aliphatic rings. The lowest BCUT2D eigenvalue weighted by molar-refractivity contribution is 0.0606. The third-order valence-corrected chi connectivity index (χ3v) is 3.87. The third kappa shape index (κ3) is 4.30. The number of benzene rings is 1. The van der Waals surface area contributed by atoms with Gasteiger partial charge in [-0.2, -0.15) is 0 Å². The molecule has 0 atom stereocenters. The number of carbonyl (C=O) groups is 3. The molecule has 0 spiro atoms. The third-order valence-electron chi connectivity index (χ3n) is 2.76. The molecule has 2 rings (SSSR count). The highest BCUT2D eigenvalue weighted by Gasteiger charge is 2.21. The van der Waals surface area contributed by atoms with Gasteiger partial charge in [0.1, 0.15) is 16.4 Å². The van der Waals surface area contributed by atoms with Gasteiger partial charge in [0.25, 0.3) is 0 Å². The van der Waals surface area contributed by atoms with E-state index in [1.54, 1.807) is 12.1 Å². The largest absolute Gasteiger partial charge is 0.477 e. The van der Waals surface area contributed by atoms with Crippen molar-refractivity contribution in [1.82, 2.24) is 0 Å². The molecular weight excluding hydrogens is 322 g/mol. The van der Waals surface area contributed by atoms with E-state index in [1.165, 1.54) is 13.2 Å². The van der Waals surface area contributed by atoms with Gasteiger partial charge < -0.3 is 14.6 Å². The van der Waals surface area contributed by atoms with Gasteiger partial charge in [0.15, 0.2) is 0 Å². The maximum absolute atomic E-state index is 11.8. The molecule has 2 aromatic rings. The van der Waals surface area contributed by atoms with Gasteiger partial charge in [-0.25, -0.2) is 14.4 Å². The van der Waals surface area contributed by atoms with E-state index < -0.39 is 18.0 Å². The predicted octanol–water partition coefficient (Wildman–Crippen LogP) is 2.98. The first-order valence-corrected chi connectivity index (χ1v) is 7.26. The summed E-state index contributed by atoms with van der Waals surface area (Å²) in [6, 6.07) is 10.2. The van der Waals surface area contributed by atoms with Crippen molar-refractivity contribution in [3.05, 3.63) is 51.7 Å². The fourth-order valence-corrected chi connectivity index (χ4v) is 2.57. The van der Waals surface area contributed by atoms with Crippen LogP contribution in [0, 0.1) is 0 Å². The number of ether oxygens (including phenoxy) is 2. The summed E-state index contributed by atoms with van der Waals surface area (Å²) in [6.07, 6.45) is -0.797. The summed E-state index contributed by atoms with van der Waals surface area (Å²) in [4.78, 5) is 34.3. The Kier molecular flexibility index (Phi) is 5.32. The van der Waals surface area contributed by atoms with E-state index in [0.717, 1.165) is 5.56 Å². The van der Waals surface area contributed by atoms with Crippen LogP contribution in [0.1, 0.15) is 24.9 Å². The van der Waals surface area contributed by atoms with Crippen molar-refractivity contribution in [3.63, 3.8) is 0 Å². The molecule has 0 saturated heterocycles. The Morgan fingerprint density at radius 2 is 1.91 bits per heavy atom. The molecule has 0 aliphatic carbocycles. The maximum atomic E-state index is 11.8. The van der Waals surface area contributed by atoms with Crippen molar-refractivity contribution in [3.8, 4) is 0 Å². The number of carbonyl (C=O) groups excluding carboxylic acids is 2. The molecule has 120 valence electrons. The van der Waals surface area contributed by atoms with Crippen LogP contribution in [0.15, 0.2) is 36.4 Å². The van der Waals surface area contributed by atoms with Crippen LogP contribution in [0.5, 0.6) is 0 Å². The molecule has 0 bridgehead atoms. The molecule has 8 heteroatoms. The van der Waals surface area contributed by atoms with Gasteiger partial charge in [-0.1, -0.05) is 30.3 Å². The highest BCUT2D eigenvalue weighted by Crippen LogP contribution is 2.28. The quantitative estimate of drug-likeness (QED) is 0.815. The lowest BCUT2D eigenvalue weighted by atomic mass is 10.2. The zero-order valence-electron chi connectivity index (χ0n) is 12.1. The molecule has 0 saturated carbocycles. The molecule has 2 N–H and O–H groups in total. The smallest absolute Gasteiger partial charge is 0.412 e. The topological polar surface area (TPSA) is 102 Å². The van der Waals surface area contributed by atoms with Gasteiger partial charge in [-0.3, -0.25) is 5.32 Å². The summed E-state index contributed by atoms with van der Waals surface area (Å²) in [5.41, 5.74) is 0.838. The van der Waals surface area contributed by atoms with Crippen molar-refractivity contribution in [2.75, 3.05) is 12.4 Å². The second kappa shape index (κ2) is 7.41. The minimum absolute atomic E-state index is 0.0124. The molecule has 0 unspecified atom stereocenters. The Labute approximate surface area is 135 Å². The number of aromatic carboxylic acids is 1. The van der Waals surface area contributed by atoms with E-state index >= 15 is 0 Å². The molecule has 1 aromatic carbocycles. The standard InChI is InChI=1S/C15H13NO6S/c1-21-14(19)12-10(7-11(23-12)13(17)18)16-15(20)22-8-9-5-3-2-4-6-9/h2-7H,8H2,1H3,(H,16,20)(H,17,18). The molecule has 1 amide bonds. The first kappa shape index (κ1) is 16.5. The Hall–Kier alpha value is -2.87. The van der Waals surface area contributed by atoms with E-state index in [0.29, 0.717) is 11.3 Å². The Morgan fingerprint density at radius 1 is 1.22 bits per heavy atom. The summed E-state index contributed by atoms with van der Waals surface area (Å²) in [7, 11) is 1.17. The molecule has 0 fully saturated rings. The first-order valence-electron chi connectivity index (χ1n) is 6.44. The summed E-state index contributed by atoms with van der Waals surface area (Å²) in [5.74, 6) is -1.94. The number of nitrogens with one attached hydrogen (secondary N) is 1. The zero-order valence-corrected chi connectivity index (χ0v) is 12.9. The van der Waals surface area contributed by atoms with Gasteiger partial charge >= 0.3 is 18.0 Å². The molecule has 7 nitrogen and oxygen atoms in total. The van der Waals surface area contributed by atoms with Crippen LogP contribution in [0.25, 0.3) is 0 Å². The maximum Gasteiger partial charge on any atom is 0.412 e. The normalized spacial score (nSPS) is 9.96. The average Bonchev–Trinajstić information content (AvgIpc) is 2.97. The van der Waals surface area contributed by atoms with E-state index in [4.69, 9.17) is 9.84 Å². The summed E-state index contributed by atoms with van der Waals surface area (Å²) >= 11 is 0.712. The van der Waals surface area contributed by atoms with Gasteiger partial charge in [0.05, 0.1) is 12.8 Å². The van der Waals surface area contributed by atoms with Crippen molar-refractivity contribution in [2.24, 2.45) is 0 Å². The number of hydrogen-bond acceptors (Lipinski definition) is 6. The van der Waals surface area contributed by atoms with Crippen molar-refractivity contribution >= 4 is 35.1 Å². The Balaban J connectivity index is 2.07. The van der Waals surface area contributed by atoms with E-state index in [1.807, 2.05) is 18.2 Å².